The Labute approximate surface area is 246 Å². The Morgan fingerprint density at radius 3 is 0.188 bits per heavy atom. The summed E-state index contributed by atoms with van der Waals surface area (Å²) in [4.78, 5) is 0. The second-order valence-electron chi connectivity index (χ2n) is 0. The van der Waals surface area contributed by atoms with Crippen LogP contribution < -0.4 is 0 Å². The fourth-order valence-corrected chi connectivity index (χ4v) is 0. The molecule has 0 atom stereocenters. The molecule has 16 heavy (non-hydrogen) atoms. The number of hydrogen-bond acceptors (Lipinski definition) is 0. The van der Waals surface area contributed by atoms with Crippen molar-refractivity contribution in [1.82, 2.24) is 0 Å². The molecule has 0 spiro atoms. The summed E-state index contributed by atoms with van der Waals surface area (Å²) in [5.74, 6) is 0. The third-order valence-corrected chi connectivity index (χ3v) is 0. The van der Waals surface area contributed by atoms with E-state index in [1.54, 1.807) is 0 Å². The van der Waals surface area contributed by atoms with Crippen molar-refractivity contribution in [3.63, 3.8) is 0 Å². The molecule has 0 fully saturated rings. The second kappa shape index (κ2) is 201. The summed E-state index contributed by atoms with van der Waals surface area (Å²) in [5.41, 5.74) is 0. The van der Waals surface area contributed by atoms with Crippen LogP contribution in [0.2, 0.25) is 0 Å². The van der Waals surface area contributed by atoms with E-state index in [0.29, 0.717) is 0 Å². The minimum absolute atomic E-state index is 0. The Hall–Kier alpha value is 6.90. The van der Waals surface area contributed by atoms with E-state index in [4.69, 9.17) is 0 Å². The topological polar surface area (TPSA) is 152 Å². The van der Waals surface area contributed by atoms with Gasteiger partial charge in [0.1, 0.15) is 0 Å². The molecule has 0 amide bonds. The molecule has 0 heterocycles. The third kappa shape index (κ3) is 174. The van der Waals surface area contributed by atoms with Crippen molar-refractivity contribution in [1.29, 1.82) is 0 Å². The number of rotatable bonds is 0. The molecule has 0 saturated carbocycles. The molecule has 0 aromatic rings. The second-order valence-corrected chi connectivity index (χ2v) is 0. The smallest absolute Gasteiger partial charge is 3.00 e. The minimum atomic E-state index is 0. The number of nitrogens with zero attached hydrogens (tertiary/aromatic N) is 5. The van der Waals surface area contributed by atoms with E-state index in [0.717, 1.165) is 0 Å². The first-order valence-corrected chi connectivity index (χ1v) is 0. The molecule has 10 radical (unpaired) electrons. The molecular weight excluding hydrogens is 1290 g/mol. The average Bonchev–Trinajstić information content (AvgIpc) is 0. The maximum absolute atomic E-state index is 0. The summed E-state index contributed by atoms with van der Waals surface area (Å²) >= 11 is 0. The molecule has 70 valence electrons. The Bertz CT molecular complexity index is 25.3. The monoisotopic (exact) mass is 1290 g/mol. The van der Waals surface area contributed by atoms with Gasteiger partial charge in [-0.2, -0.15) is 0 Å². The van der Waals surface area contributed by atoms with Gasteiger partial charge in [-0.15, -0.1) is 0 Å². The summed E-state index contributed by atoms with van der Waals surface area (Å²) in [5, 5.41) is 0. The van der Waals surface area contributed by atoms with Crippen LogP contribution in [-0.2, 0) is 134 Å². The van der Waals surface area contributed by atoms with Gasteiger partial charge in [-0.3, -0.25) is 0 Å². The summed E-state index contributed by atoms with van der Waals surface area (Å²) in [6.45, 7) is 0. The SMILES string of the molecule is [Al-3].[Al-3].[Al-3].[Al-3].[Al-3].[N-3].[N-3].[N-3].[N-3].[N-3].[Ta+5].[Ta+5].[Ta+5].[Ta+5].[Ta+5].[Ta+5]. The Balaban J connectivity index is 0. The van der Waals surface area contributed by atoms with Gasteiger partial charge >= 0.3 is 134 Å². The molecule has 0 aliphatic carbocycles. The Morgan fingerprint density at radius 1 is 0.188 bits per heavy atom. The zero-order valence-corrected chi connectivity index (χ0v) is 32.9. The first-order valence-electron chi connectivity index (χ1n) is 0. The van der Waals surface area contributed by atoms with Crippen LogP contribution in [0.15, 0.2) is 0 Å². The summed E-state index contributed by atoms with van der Waals surface area (Å²) < 4.78 is 0. The fraction of sp³-hybridized carbons (Fsp3) is 0. The molecule has 0 saturated heterocycles. The number of hydrogen-bond donors (Lipinski definition) is 0. The molecule has 0 aliphatic heterocycles. The van der Waals surface area contributed by atoms with Crippen molar-refractivity contribution >= 4 is 86.8 Å². The molecule has 0 N–H and O–H groups in total. The molecule has 16 heteroatoms. The van der Waals surface area contributed by atoms with Crippen LogP contribution >= 0.6 is 0 Å². The van der Waals surface area contributed by atoms with Crippen molar-refractivity contribution in [3.8, 4) is 0 Å². The molecule has 0 unspecified atom stereocenters. The van der Waals surface area contributed by atoms with E-state index < -0.39 is 0 Å². The third-order valence-electron chi connectivity index (χ3n) is 0. The molecule has 0 bridgehead atoms. The Morgan fingerprint density at radius 2 is 0.188 bits per heavy atom. The summed E-state index contributed by atoms with van der Waals surface area (Å²) in [7, 11) is 0. The summed E-state index contributed by atoms with van der Waals surface area (Å²) in [6.07, 6.45) is 0. The predicted octanol–water partition coefficient (Wildman–Crippen LogP) is -0.476. The normalized spacial score (nSPS) is 0. The van der Waals surface area contributed by atoms with Gasteiger partial charge in [-0.1, -0.05) is 0 Å². The van der Waals surface area contributed by atoms with Gasteiger partial charge in [0, 0.05) is 0 Å². The van der Waals surface area contributed by atoms with Gasteiger partial charge in [0.05, 0.1) is 0 Å². The van der Waals surface area contributed by atoms with E-state index in [-0.39, 0.29) is 252 Å². The standard InChI is InChI=1S/5Al.5N.6Ta/q10*-3;6*+5. The van der Waals surface area contributed by atoms with Crippen molar-refractivity contribution in [2.24, 2.45) is 0 Å². The molecular formula is Al5N5Ta6. The fourth-order valence-electron chi connectivity index (χ4n) is 0. The first kappa shape index (κ1) is 231. The quantitative estimate of drug-likeness (QED) is 0.289. The molecule has 0 aliphatic rings. The molecule has 0 aromatic heterocycles. The zero-order chi connectivity index (χ0) is 0. The van der Waals surface area contributed by atoms with E-state index >= 15 is 0 Å². The van der Waals surface area contributed by atoms with Gasteiger partial charge in [0.2, 0.25) is 0 Å². The minimum Gasteiger partial charge on any atom is -3.00 e. The van der Waals surface area contributed by atoms with Crippen LogP contribution in [0.25, 0.3) is 30.8 Å². The van der Waals surface area contributed by atoms with E-state index in [9.17, 15) is 0 Å². The van der Waals surface area contributed by atoms with Crippen molar-refractivity contribution in [2.45, 2.75) is 0 Å². The van der Waals surface area contributed by atoms with Crippen molar-refractivity contribution in [2.75, 3.05) is 0 Å². The van der Waals surface area contributed by atoms with Gasteiger partial charge in [-0.25, -0.2) is 0 Å². The predicted molar refractivity (Wildman–Crippen MR) is 45.6 cm³/mol. The summed E-state index contributed by atoms with van der Waals surface area (Å²) in [6, 6.07) is 0. The van der Waals surface area contributed by atoms with Gasteiger partial charge in [0.15, 0.2) is 0 Å². The van der Waals surface area contributed by atoms with Gasteiger partial charge in [0.25, 0.3) is 0 Å². The maximum atomic E-state index is 0. The van der Waals surface area contributed by atoms with Gasteiger partial charge in [-0.05, 0) is 0 Å². The molecule has 5 nitrogen and oxygen atoms in total. The van der Waals surface area contributed by atoms with E-state index in [1.807, 2.05) is 0 Å². The van der Waals surface area contributed by atoms with Crippen LogP contribution in [-0.4, -0.2) is 86.8 Å². The molecule has 0 rings (SSSR count). The van der Waals surface area contributed by atoms with E-state index in [1.165, 1.54) is 0 Å². The van der Waals surface area contributed by atoms with Gasteiger partial charge < -0.3 is 118 Å². The van der Waals surface area contributed by atoms with Crippen LogP contribution in [0.5, 0.6) is 0 Å². The Kier molecular flexibility index (Phi) is 2890. The maximum Gasteiger partial charge on any atom is 5.00 e. The van der Waals surface area contributed by atoms with Crippen LogP contribution in [0, 0.1) is 0 Å². The van der Waals surface area contributed by atoms with E-state index in [2.05, 4.69) is 0 Å². The molecule has 0 aromatic carbocycles. The average molecular weight is 1290 g/mol. The van der Waals surface area contributed by atoms with Crippen LogP contribution in [0.1, 0.15) is 0 Å². The van der Waals surface area contributed by atoms with Crippen molar-refractivity contribution in [3.05, 3.63) is 30.8 Å². The van der Waals surface area contributed by atoms with Crippen LogP contribution in [0.3, 0.4) is 0 Å². The largest absolute Gasteiger partial charge is 5.00 e. The van der Waals surface area contributed by atoms with Crippen molar-refractivity contribution < 1.29 is 134 Å². The van der Waals surface area contributed by atoms with Crippen LogP contribution in [0.4, 0.5) is 0 Å². The zero-order valence-electron chi connectivity index (χ0n) is 7.81. The first-order chi connectivity index (χ1) is 0.